The summed E-state index contributed by atoms with van der Waals surface area (Å²) in [5.41, 5.74) is 3.06. The molecule has 2 N–H and O–H groups in total. The summed E-state index contributed by atoms with van der Waals surface area (Å²) in [4.78, 5) is 12.1. The lowest BCUT2D eigenvalue weighted by Gasteiger charge is -2.15. The van der Waals surface area contributed by atoms with Crippen molar-refractivity contribution in [2.45, 2.75) is 25.7 Å². The van der Waals surface area contributed by atoms with Crippen LogP contribution in [0.15, 0.2) is 27.8 Å². The Kier molecular flexibility index (Phi) is 4.73. The first-order valence-electron chi connectivity index (χ1n) is 6.63. The molecule has 0 radical (unpaired) electrons. The number of amides is 2. The molecule has 0 bridgehead atoms. The molecule has 0 spiro atoms. The van der Waals surface area contributed by atoms with E-state index in [1.807, 2.05) is 11.6 Å². The summed E-state index contributed by atoms with van der Waals surface area (Å²) in [6.45, 7) is 5.30. The Morgan fingerprint density at radius 3 is 2.52 bits per heavy atom. The first-order valence-corrected chi connectivity index (χ1v) is 9.05. The minimum Gasteiger partial charge on any atom is -0.307 e. The van der Waals surface area contributed by atoms with Crippen molar-refractivity contribution in [1.82, 2.24) is 4.72 Å². The highest BCUT2D eigenvalue weighted by Gasteiger charge is 2.19. The van der Waals surface area contributed by atoms with E-state index in [9.17, 15) is 18.5 Å². The normalized spacial score (nSPS) is 10.9. The van der Waals surface area contributed by atoms with Gasteiger partial charge < -0.3 is 5.32 Å². The summed E-state index contributed by atoms with van der Waals surface area (Å²) in [5, 5.41) is 14.8. The van der Waals surface area contributed by atoms with E-state index in [2.05, 4.69) is 11.4 Å². The van der Waals surface area contributed by atoms with Crippen LogP contribution < -0.4 is 10.0 Å². The van der Waals surface area contributed by atoms with Gasteiger partial charge in [0, 0.05) is 11.1 Å². The molecule has 2 rings (SSSR count). The number of anilines is 1. The zero-order valence-corrected chi connectivity index (χ0v) is 14.4. The predicted molar refractivity (Wildman–Crippen MR) is 89.0 cm³/mol. The van der Waals surface area contributed by atoms with Gasteiger partial charge in [0.1, 0.15) is 0 Å². The van der Waals surface area contributed by atoms with E-state index in [4.69, 9.17) is 0 Å². The molecule has 0 aliphatic heterocycles. The molecule has 0 aliphatic rings. The van der Waals surface area contributed by atoms with Crippen molar-refractivity contribution in [3.8, 4) is 6.07 Å². The van der Waals surface area contributed by atoms with E-state index in [0.29, 0.717) is 16.8 Å². The molecule has 1 aromatic carbocycles. The molecule has 1 aromatic heterocycles. The molecule has 0 atom stereocenters. The van der Waals surface area contributed by atoms with Gasteiger partial charge in [-0.3, -0.25) is 0 Å². The lowest BCUT2D eigenvalue weighted by Crippen LogP contribution is -2.34. The molecule has 0 saturated heterocycles. The minimum absolute atomic E-state index is 0.0349. The second-order valence-corrected chi connectivity index (χ2v) is 7.48. The highest BCUT2D eigenvalue weighted by molar-refractivity contribution is 7.90. The number of aryl methyl sites for hydroxylation is 2. The SMILES string of the molecule is Cc1cc(C)c(NC(=O)NS(=O)(=O)c2ccsc2)c(C)c1C#N. The Morgan fingerprint density at radius 2 is 1.96 bits per heavy atom. The Morgan fingerprint density at radius 1 is 1.26 bits per heavy atom. The van der Waals surface area contributed by atoms with Crippen LogP contribution in [0.3, 0.4) is 0 Å². The molecule has 8 heteroatoms. The number of carbonyl (C=O) groups is 1. The van der Waals surface area contributed by atoms with Gasteiger partial charge in [0.2, 0.25) is 0 Å². The van der Waals surface area contributed by atoms with E-state index in [0.717, 1.165) is 11.1 Å². The van der Waals surface area contributed by atoms with Gasteiger partial charge in [-0.1, -0.05) is 6.07 Å². The van der Waals surface area contributed by atoms with Gasteiger partial charge >= 0.3 is 6.03 Å². The van der Waals surface area contributed by atoms with Gasteiger partial charge in [-0.25, -0.2) is 17.9 Å². The maximum Gasteiger partial charge on any atom is 0.333 e. The average Bonchev–Trinajstić information content (AvgIpc) is 2.98. The van der Waals surface area contributed by atoms with Gasteiger partial charge in [-0.15, -0.1) is 0 Å². The smallest absolute Gasteiger partial charge is 0.307 e. The zero-order valence-electron chi connectivity index (χ0n) is 12.8. The number of hydrogen-bond donors (Lipinski definition) is 2. The topological polar surface area (TPSA) is 99.1 Å². The lowest BCUT2D eigenvalue weighted by molar-refractivity contribution is 0.256. The van der Waals surface area contributed by atoms with Crippen LogP contribution in [-0.2, 0) is 10.0 Å². The quantitative estimate of drug-likeness (QED) is 0.889. The van der Waals surface area contributed by atoms with Crippen molar-refractivity contribution in [3.05, 3.63) is 45.1 Å². The summed E-state index contributed by atoms with van der Waals surface area (Å²) in [6, 6.07) is 4.41. The first kappa shape index (κ1) is 17.0. The van der Waals surface area contributed by atoms with Crippen LogP contribution in [0.1, 0.15) is 22.3 Å². The maximum absolute atomic E-state index is 12.0. The highest BCUT2D eigenvalue weighted by Crippen LogP contribution is 2.26. The Hall–Kier alpha value is -2.37. The van der Waals surface area contributed by atoms with E-state index in [1.54, 1.807) is 25.3 Å². The predicted octanol–water partition coefficient (Wildman–Crippen LogP) is 3.06. The molecule has 120 valence electrons. The molecule has 2 amide bonds. The van der Waals surface area contributed by atoms with Crippen LogP contribution in [0.4, 0.5) is 10.5 Å². The van der Waals surface area contributed by atoms with Crippen LogP contribution in [-0.4, -0.2) is 14.4 Å². The van der Waals surface area contributed by atoms with E-state index in [-0.39, 0.29) is 4.90 Å². The number of carbonyl (C=O) groups excluding carboxylic acids is 1. The van der Waals surface area contributed by atoms with Crippen molar-refractivity contribution in [1.29, 1.82) is 5.26 Å². The number of nitriles is 1. The summed E-state index contributed by atoms with van der Waals surface area (Å²) in [5.74, 6) is 0. The van der Waals surface area contributed by atoms with E-state index < -0.39 is 16.1 Å². The molecule has 6 nitrogen and oxygen atoms in total. The van der Waals surface area contributed by atoms with E-state index in [1.165, 1.54) is 22.8 Å². The number of nitrogens with zero attached hydrogens (tertiary/aromatic N) is 1. The van der Waals surface area contributed by atoms with Crippen LogP contribution in [0.25, 0.3) is 0 Å². The molecular weight excluding hydrogens is 334 g/mol. The lowest BCUT2D eigenvalue weighted by atomic mass is 9.98. The van der Waals surface area contributed by atoms with Crippen molar-refractivity contribution >= 4 is 33.1 Å². The van der Waals surface area contributed by atoms with Crippen molar-refractivity contribution in [2.75, 3.05) is 5.32 Å². The standard InChI is InChI=1S/C15H15N3O3S2/c1-9-6-10(2)14(11(3)13(9)7-16)17-15(19)18-23(20,21)12-4-5-22-8-12/h4-6,8H,1-3H3,(H2,17,18,19). The number of benzene rings is 1. The third kappa shape index (κ3) is 3.52. The monoisotopic (exact) mass is 349 g/mol. The molecule has 1 heterocycles. The van der Waals surface area contributed by atoms with Crippen molar-refractivity contribution in [3.63, 3.8) is 0 Å². The summed E-state index contributed by atoms with van der Waals surface area (Å²) in [7, 11) is -3.90. The third-order valence-corrected chi connectivity index (χ3v) is 5.52. The van der Waals surface area contributed by atoms with Gasteiger partial charge in [0.25, 0.3) is 10.0 Å². The van der Waals surface area contributed by atoms with Crippen LogP contribution in [0.5, 0.6) is 0 Å². The number of thiophene rings is 1. The van der Waals surface area contributed by atoms with Gasteiger partial charge in [0.15, 0.2) is 0 Å². The second kappa shape index (κ2) is 6.40. The molecule has 0 saturated carbocycles. The van der Waals surface area contributed by atoms with Gasteiger partial charge in [-0.05, 0) is 48.9 Å². The number of hydrogen-bond acceptors (Lipinski definition) is 5. The van der Waals surface area contributed by atoms with Gasteiger partial charge in [0.05, 0.1) is 16.5 Å². The fourth-order valence-corrected chi connectivity index (χ4v) is 4.21. The van der Waals surface area contributed by atoms with Gasteiger partial charge in [-0.2, -0.15) is 16.6 Å². The third-order valence-electron chi connectivity index (χ3n) is 3.35. The van der Waals surface area contributed by atoms with Crippen LogP contribution >= 0.6 is 11.3 Å². The van der Waals surface area contributed by atoms with Crippen LogP contribution in [0.2, 0.25) is 0 Å². The molecule has 23 heavy (non-hydrogen) atoms. The molecule has 2 aromatic rings. The number of rotatable bonds is 3. The molecular formula is C15H15N3O3S2. The van der Waals surface area contributed by atoms with Crippen molar-refractivity contribution < 1.29 is 13.2 Å². The minimum atomic E-state index is -3.90. The summed E-state index contributed by atoms with van der Waals surface area (Å²) in [6.07, 6.45) is 0. The molecule has 0 fully saturated rings. The first-order chi connectivity index (χ1) is 10.8. The fraction of sp³-hybridized carbons (Fsp3) is 0.200. The molecule has 0 aliphatic carbocycles. The van der Waals surface area contributed by atoms with Crippen LogP contribution in [0, 0.1) is 32.1 Å². The molecule has 0 unspecified atom stereocenters. The van der Waals surface area contributed by atoms with Crippen molar-refractivity contribution in [2.24, 2.45) is 0 Å². The second-order valence-electron chi connectivity index (χ2n) is 5.02. The Bertz CT molecular complexity index is 895. The summed E-state index contributed by atoms with van der Waals surface area (Å²) >= 11 is 1.22. The van der Waals surface area contributed by atoms with E-state index >= 15 is 0 Å². The largest absolute Gasteiger partial charge is 0.333 e. The highest BCUT2D eigenvalue weighted by atomic mass is 32.2. The number of sulfonamides is 1. The average molecular weight is 349 g/mol. The Labute approximate surface area is 138 Å². The summed E-state index contributed by atoms with van der Waals surface area (Å²) < 4.78 is 26.0. The zero-order chi connectivity index (χ0) is 17.2. The number of nitrogens with one attached hydrogen (secondary N) is 2. The Balaban J connectivity index is 2.27. The number of urea groups is 1. The maximum atomic E-state index is 12.0. The fourth-order valence-electron chi connectivity index (χ4n) is 2.27.